The fourth-order valence-corrected chi connectivity index (χ4v) is 1.70. The highest BCUT2D eigenvalue weighted by atomic mass is 79.9. The van der Waals surface area contributed by atoms with Gasteiger partial charge in [-0.15, -0.1) is 0 Å². The van der Waals surface area contributed by atoms with Crippen LogP contribution >= 0.6 is 15.9 Å². The van der Waals surface area contributed by atoms with Crippen LogP contribution in [0, 0.1) is 0 Å². The molecule has 14 heavy (non-hydrogen) atoms. The highest BCUT2D eigenvalue weighted by Crippen LogP contribution is 2.26. The van der Waals surface area contributed by atoms with E-state index in [4.69, 9.17) is 10.2 Å². The maximum absolute atomic E-state index is 5.98. The number of aryl methyl sites for hydroxylation is 1. The quantitative estimate of drug-likeness (QED) is 0.891. The first-order valence-electron chi connectivity index (χ1n) is 4.15. The van der Waals surface area contributed by atoms with Gasteiger partial charge in [-0.3, -0.25) is 0 Å². The number of nitrogens with zero attached hydrogens (tertiary/aromatic N) is 2. The monoisotopic (exact) mass is 255 g/mol. The Bertz CT molecular complexity index is 435. The van der Waals surface area contributed by atoms with Gasteiger partial charge in [-0.1, -0.05) is 0 Å². The van der Waals surface area contributed by atoms with Gasteiger partial charge in [0.2, 0.25) is 0 Å². The van der Waals surface area contributed by atoms with Crippen molar-refractivity contribution < 1.29 is 4.42 Å². The Labute approximate surface area is 89.9 Å². The Kier molecular flexibility index (Phi) is 2.43. The van der Waals surface area contributed by atoms with Crippen LogP contribution in [0.4, 0.5) is 0 Å². The third-order valence-electron chi connectivity index (χ3n) is 1.97. The van der Waals surface area contributed by atoms with Crippen LogP contribution in [0.5, 0.6) is 0 Å². The smallest absolute Gasteiger partial charge is 0.140 e. The maximum atomic E-state index is 5.98. The van der Waals surface area contributed by atoms with Crippen LogP contribution in [0.25, 0.3) is 0 Å². The Morgan fingerprint density at radius 2 is 2.43 bits per heavy atom. The van der Waals surface area contributed by atoms with Gasteiger partial charge in [0, 0.05) is 13.2 Å². The molecule has 0 saturated heterocycles. The van der Waals surface area contributed by atoms with Crippen LogP contribution in [-0.4, -0.2) is 9.55 Å². The van der Waals surface area contributed by atoms with Crippen LogP contribution in [0.1, 0.15) is 17.5 Å². The second-order valence-corrected chi connectivity index (χ2v) is 3.93. The number of imidazole rings is 1. The molecule has 0 saturated carbocycles. The van der Waals surface area contributed by atoms with Gasteiger partial charge in [-0.05, 0) is 22.0 Å². The Morgan fingerprint density at radius 1 is 1.64 bits per heavy atom. The zero-order chi connectivity index (χ0) is 10.1. The number of halogens is 1. The third kappa shape index (κ3) is 1.60. The Morgan fingerprint density at radius 3 is 2.93 bits per heavy atom. The number of rotatable bonds is 2. The first-order valence-corrected chi connectivity index (χ1v) is 4.94. The molecule has 1 atom stereocenters. The average Bonchev–Trinajstić information content (AvgIpc) is 2.73. The molecular formula is C9H10BrN3O. The average molecular weight is 256 g/mol. The van der Waals surface area contributed by atoms with E-state index in [0.29, 0.717) is 5.76 Å². The van der Waals surface area contributed by atoms with E-state index in [1.54, 1.807) is 12.6 Å². The topological polar surface area (TPSA) is 57.0 Å². The van der Waals surface area contributed by atoms with E-state index in [1.807, 2.05) is 23.9 Å². The van der Waals surface area contributed by atoms with Crippen molar-refractivity contribution >= 4 is 15.9 Å². The molecule has 0 spiro atoms. The standard InChI is InChI=1S/C9H10BrN3O/c1-13-4-7(12-5-13)8(11)9-6(10)2-3-14-9/h2-5,8H,11H2,1H3. The second-order valence-electron chi connectivity index (χ2n) is 3.07. The molecule has 0 fully saturated rings. The minimum Gasteiger partial charge on any atom is -0.466 e. The molecule has 0 amide bonds. The van der Waals surface area contributed by atoms with Gasteiger partial charge in [0.1, 0.15) is 11.8 Å². The van der Waals surface area contributed by atoms with Crippen molar-refractivity contribution in [3.05, 3.63) is 40.8 Å². The van der Waals surface area contributed by atoms with Gasteiger partial charge in [0.25, 0.3) is 0 Å². The minimum atomic E-state index is -0.319. The van der Waals surface area contributed by atoms with E-state index < -0.39 is 0 Å². The summed E-state index contributed by atoms with van der Waals surface area (Å²) in [7, 11) is 1.90. The normalized spacial score (nSPS) is 13.1. The summed E-state index contributed by atoms with van der Waals surface area (Å²) in [6.07, 6.45) is 5.19. The molecule has 74 valence electrons. The lowest BCUT2D eigenvalue weighted by molar-refractivity contribution is 0.484. The zero-order valence-electron chi connectivity index (χ0n) is 7.64. The molecule has 2 aromatic heterocycles. The molecule has 0 aliphatic rings. The van der Waals surface area contributed by atoms with E-state index in [1.165, 1.54) is 0 Å². The lowest BCUT2D eigenvalue weighted by Crippen LogP contribution is -2.11. The summed E-state index contributed by atoms with van der Waals surface area (Å²) < 4.78 is 7.99. The maximum Gasteiger partial charge on any atom is 0.140 e. The van der Waals surface area contributed by atoms with Crippen molar-refractivity contribution in [1.29, 1.82) is 0 Å². The lowest BCUT2D eigenvalue weighted by Gasteiger charge is -2.05. The molecule has 0 bridgehead atoms. The molecule has 2 aromatic rings. The summed E-state index contributed by atoms with van der Waals surface area (Å²) in [6.45, 7) is 0. The number of hydrogen-bond acceptors (Lipinski definition) is 3. The molecule has 2 heterocycles. The fraction of sp³-hybridized carbons (Fsp3) is 0.222. The molecule has 2 N–H and O–H groups in total. The highest BCUT2D eigenvalue weighted by Gasteiger charge is 2.17. The van der Waals surface area contributed by atoms with Crippen molar-refractivity contribution in [3.63, 3.8) is 0 Å². The minimum absolute atomic E-state index is 0.319. The van der Waals surface area contributed by atoms with Crippen molar-refractivity contribution in [3.8, 4) is 0 Å². The van der Waals surface area contributed by atoms with Gasteiger partial charge in [-0.2, -0.15) is 0 Å². The summed E-state index contributed by atoms with van der Waals surface area (Å²) in [5, 5.41) is 0. The van der Waals surface area contributed by atoms with Gasteiger partial charge in [0.05, 0.1) is 22.8 Å². The Hall–Kier alpha value is -1.07. The van der Waals surface area contributed by atoms with Crippen LogP contribution in [0.15, 0.2) is 33.7 Å². The van der Waals surface area contributed by atoms with Crippen molar-refractivity contribution in [2.45, 2.75) is 6.04 Å². The summed E-state index contributed by atoms with van der Waals surface area (Å²) in [5.41, 5.74) is 6.77. The Balaban J connectivity index is 2.33. The van der Waals surface area contributed by atoms with Gasteiger partial charge in [-0.25, -0.2) is 4.98 Å². The van der Waals surface area contributed by atoms with Gasteiger partial charge in [0.15, 0.2) is 0 Å². The van der Waals surface area contributed by atoms with Crippen LogP contribution < -0.4 is 5.73 Å². The van der Waals surface area contributed by atoms with E-state index in [-0.39, 0.29) is 6.04 Å². The first-order chi connectivity index (χ1) is 6.68. The number of furan rings is 1. The predicted octanol–water partition coefficient (Wildman–Crippen LogP) is 1.82. The molecule has 5 heteroatoms. The number of hydrogen-bond donors (Lipinski definition) is 1. The highest BCUT2D eigenvalue weighted by molar-refractivity contribution is 9.10. The molecule has 2 rings (SSSR count). The SMILES string of the molecule is Cn1cnc(C(N)c2occc2Br)c1. The second kappa shape index (κ2) is 3.59. The molecule has 0 aliphatic heterocycles. The molecule has 1 unspecified atom stereocenters. The van der Waals surface area contributed by atoms with E-state index in [9.17, 15) is 0 Å². The van der Waals surface area contributed by atoms with E-state index >= 15 is 0 Å². The summed E-state index contributed by atoms with van der Waals surface area (Å²) in [5.74, 6) is 0.698. The first kappa shape index (κ1) is 9.48. The van der Waals surface area contributed by atoms with Crippen molar-refractivity contribution in [2.75, 3.05) is 0 Å². The number of aromatic nitrogens is 2. The van der Waals surface area contributed by atoms with Crippen LogP contribution in [0.2, 0.25) is 0 Å². The molecular weight excluding hydrogens is 246 g/mol. The van der Waals surface area contributed by atoms with Crippen molar-refractivity contribution in [1.82, 2.24) is 9.55 Å². The summed E-state index contributed by atoms with van der Waals surface area (Å²) in [6, 6.07) is 1.50. The van der Waals surface area contributed by atoms with Gasteiger partial charge >= 0.3 is 0 Å². The lowest BCUT2D eigenvalue weighted by atomic mass is 10.2. The molecule has 4 nitrogen and oxygen atoms in total. The predicted molar refractivity (Wildman–Crippen MR) is 55.6 cm³/mol. The van der Waals surface area contributed by atoms with E-state index in [2.05, 4.69) is 20.9 Å². The van der Waals surface area contributed by atoms with Crippen molar-refractivity contribution in [2.24, 2.45) is 12.8 Å². The summed E-state index contributed by atoms with van der Waals surface area (Å²) >= 11 is 3.36. The molecule has 0 radical (unpaired) electrons. The number of nitrogens with two attached hydrogens (primary N) is 1. The third-order valence-corrected chi connectivity index (χ3v) is 2.63. The van der Waals surface area contributed by atoms with Gasteiger partial charge < -0.3 is 14.7 Å². The van der Waals surface area contributed by atoms with E-state index in [0.717, 1.165) is 10.2 Å². The molecule has 0 aliphatic carbocycles. The molecule has 0 aromatic carbocycles. The zero-order valence-corrected chi connectivity index (χ0v) is 9.23. The fourth-order valence-electron chi connectivity index (χ4n) is 1.26. The van der Waals surface area contributed by atoms with Crippen LogP contribution in [-0.2, 0) is 7.05 Å². The summed E-state index contributed by atoms with van der Waals surface area (Å²) in [4.78, 5) is 4.17. The largest absolute Gasteiger partial charge is 0.466 e. The van der Waals surface area contributed by atoms with Crippen LogP contribution in [0.3, 0.4) is 0 Å².